The highest BCUT2D eigenvalue weighted by atomic mass is 16.3. The van der Waals surface area contributed by atoms with Gasteiger partial charge >= 0.3 is 0 Å². The van der Waals surface area contributed by atoms with E-state index in [-0.39, 0.29) is 5.41 Å². The Balaban J connectivity index is 2.47. The van der Waals surface area contributed by atoms with Crippen LogP contribution in [0.1, 0.15) is 69.6 Å². The van der Waals surface area contributed by atoms with Gasteiger partial charge in [0.25, 0.3) is 0 Å². The second-order valence-corrected chi connectivity index (χ2v) is 6.77. The maximum Gasteiger partial charge on any atom is 0.122 e. The SMILES string of the molecule is Cc1cc(C2=CCCCCC2)cc(C(C)(C)C)c1O. The Labute approximate surface area is 117 Å². The zero-order valence-corrected chi connectivity index (χ0v) is 12.7. The van der Waals surface area contributed by atoms with E-state index < -0.39 is 0 Å². The molecular weight excluding hydrogens is 232 g/mol. The van der Waals surface area contributed by atoms with Gasteiger partial charge in [0.15, 0.2) is 0 Å². The van der Waals surface area contributed by atoms with Crippen molar-refractivity contribution < 1.29 is 5.11 Å². The summed E-state index contributed by atoms with van der Waals surface area (Å²) in [7, 11) is 0. The fourth-order valence-electron chi connectivity index (χ4n) is 2.81. The van der Waals surface area contributed by atoms with Crippen LogP contribution in [0.15, 0.2) is 18.2 Å². The van der Waals surface area contributed by atoms with Crippen LogP contribution < -0.4 is 0 Å². The van der Waals surface area contributed by atoms with Crippen LogP contribution >= 0.6 is 0 Å². The van der Waals surface area contributed by atoms with Crippen LogP contribution in [-0.4, -0.2) is 5.11 Å². The predicted molar refractivity (Wildman–Crippen MR) is 82.6 cm³/mol. The lowest BCUT2D eigenvalue weighted by atomic mass is 9.83. The Morgan fingerprint density at radius 2 is 1.79 bits per heavy atom. The van der Waals surface area contributed by atoms with Gasteiger partial charge in [-0.3, -0.25) is 0 Å². The van der Waals surface area contributed by atoms with Crippen LogP contribution in [0.2, 0.25) is 0 Å². The van der Waals surface area contributed by atoms with Crippen molar-refractivity contribution in [2.45, 2.75) is 65.2 Å². The number of aryl methyl sites for hydroxylation is 1. The molecule has 1 N–H and O–H groups in total. The average Bonchev–Trinajstić information content (AvgIpc) is 2.59. The number of phenols is 1. The van der Waals surface area contributed by atoms with Gasteiger partial charge in [0.1, 0.15) is 5.75 Å². The first-order chi connectivity index (χ1) is 8.89. The van der Waals surface area contributed by atoms with E-state index in [1.807, 2.05) is 6.92 Å². The smallest absolute Gasteiger partial charge is 0.122 e. The quantitative estimate of drug-likeness (QED) is 0.720. The van der Waals surface area contributed by atoms with E-state index in [9.17, 15) is 5.11 Å². The van der Waals surface area contributed by atoms with E-state index in [2.05, 4.69) is 39.0 Å². The monoisotopic (exact) mass is 258 g/mol. The molecule has 0 unspecified atom stereocenters. The van der Waals surface area contributed by atoms with Crippen molar-refractivity contribution >= 4 is 5.57 Å². The summed E-state index contributed by atoms with van der Waals surface area (Å²) in [5.74, 6) is 0.463. The van der Waals surface area contributed by atoms with Gasteiger partial charge in [0, 0.05) is 5.56 Å². The molecule has 0 spiro atoms. The molecule has 0 saturated carbocycles. The van der Waals surface area contributed by atoms with Gasteiger partial charge in [0.05, 0.1) is 0 Å². The van der Waals surface area contributed by atoms with Crippen LogP contribution in [0.5, 0.6) is 5.75 Å². The number of benzene rings is 1. The Kier molecular flexibility index (Phi) is 4.03. The van der Waals surface area contributed by atoms with Crippen molar-refractivity contribution in [2.24, 2.45) is 0 Å². The lowest BCUT2D eigenvalue weighted by molar-refractivity contribution is 0.443. The maximum absolute atomic E-state index is 10.3. The molecule has 1 aliphatic carbocycles. The first-order valence-corrected chi connectivity index (χ1v) is 7.43. The van der Waals surface area contributed by atoms with Crippen molar-refractivity contribution in [3.05, 3.63) is 34.9 Å². The number of hydrogen-bond acceptors (Lipinski definition) is 1. The van der Waals surface area contributed by atoms with Crippen molar-refractivity contribution in [3.8, 4) is 5.75 Å². The van der Waals surface area contributed by atoms with Crippen molar-refractivity contribution in [1.29, 1.82) is 0 Å². The van der Waals surface area contributed by atoms with Gasteiger partial charge in [-0.2, -0.15) is 0 Å². The lowest BCUT2D eigenvalue weighted by Crippen LogP contribution is -2.12. The number of aromatic hydroxyl groups is 1. The van der Waals surface area contributed by atoms with Gasteiger partial charge < -0.3 is 5.11 Å². The molecule has 0 fully saturated rings. The molecule has 0 amide bonds. The molecule has 104 valence electrons. The molecular formula is C18H26O. The van der Waals surface area contributed by atoms with Gasteiger partial charge in [-0.15, -0.1) is 0 Å². The lowest BCUT2D eigenvalue weighted by Gasteiger charge is -2.23. The summed E-state index contributed by atoms with van der Waals surface area (Å²) in [6.45, 7) is 8.48. The van der Waals surface area contributed by atoms with Gasteiger partial charge in [-0.05, 0) is 66.9 Å². The summed E-state index contributed by atoms with van der Waals surface area (Å²) in [5, 5.41) is 10.3. The summed E-state index contributed by atoms with van der Waals surface area (Å²) >= 11 is 0. The molecule has 1 nitrogen and oxygen atoms in total. The van der Waals surface area contributed by atoms with Crippen LogP contribution in [0.4, 0.5) is 0 Å². The Hall–Kier alpha value is -1.24. The van der Waals surface area contributed by atoms with Gasteiger partial charge in [-0.1, -0.05) is 33.3 Å². The van der Waals surface area contributed by atoms with Crippen LogP contribution in [-0.2, 0) is 5.41 Å². The molecule has 19 heavy (non-hydrogen) atoms. The van der Waals surface area contributed by atoms with Gasteiger partial charge in [0.2, 0.25) is 0 Å². The summed E-state index contributed by atoms with van der Waals surface area (Å²) < 4.78 is 0. The molecule has 0 atom stereocenters. The first-order valence-electron chi connectivity index (χ1n) is 7.43. The molecule has 1 heteroatoms. The zero-order valence-electron chi connectivity index (χ0n) is 12.7. The Morgan fingerprint density at radius 1 is 1.05 bits per heavy atom. The molecule has 1 aromatic carbocycles. The molecule has 1 aliphatic rings. The summed E-state index contributed by atoms with van der Waals surface area (Å²) in [6.07, 6.45) is 8.70. The van der Waals surface area contributed by atoms with Crippen LogP contribution in [0, 0.1) is 6.92 Å². The zero-order chi connectivity index (χ0) is 14.0. The fourth-order valence-corrected chi connectivity index (χ4v) is 2.81. The Morgan fingerprint density at radius 3 is 2.47 bits per heavy atom. The number of rotatable bonds is 1. The standard InChI is InChI=1S/C18H26O/c1-13-11-15(14-9-7-5-6-8-10-14)12-16(17(13)19)18(2,3)4/h9,11-12,19H,5-8,10H2,1-4H3. The molecule has 0 bridgehead atoms. The third-order valence-corrected chi connectivity index (χ3v) is 4.02. The average molecular weight is 258 g/mol. The summed E-state index contributed by atoms with van der Waals surface area (Å²) in [6, 6.07) is 4.33. The summed E-state index contributed by atoms with van der Waals surface area (Å²) in [4.78, 5) is 0. The van der Waals surface area contributed by atoms with Crippen molar-refractivity contribution in [2.75, 3.05) is 0 Å². The van der Waals surface area contributed by atoms with E-state index >= 15 is 0 Å². The minimum atomic E-state index is -0.0177. The minimum Gasteiger partial charge on any atom is -0.507 e. The summed E-state index contributed by atoms with van der Waals surface area (Å²) in [5.41, 5.74) is 4.81. The third-order valence-electron chi connectivity index (χ3n) is 4.02. The van der Waals surface area contributed by atoms with E-state index in [4.69, 9.17) is 0 Å². The largest absolute Gasteiger partial charge is 0.507 e. The Bertz CT molecular complexity index is 489. The fraction of sp³-hybridized carbons (Fsp3) is 0.556. The highest BCUT2D eigenvalue weighted by Gasteiger charge is 2.21. The van der Waals surface area contributed by atoms with Crippen LogP contribution in [0.25, 0.3) is 5.57 Å². The second kappa shape index (κ2) is 5.40. The normalized spacial score (nSPS) is 16.9. The predicted octanol–water partition coefficient (Wildman–Crippen LogP) is 5.35. The number of allylic oxidation sites excluding steroid dienone is 2. The molecule has 0 aliphatic heterocycles. The molecule has 1 aromatic rings. The molecule has 0 radical (unpaired) electrons. The van der Waals surface area contributed by atoms with Crippen LogP contribution in [0.3, 0.4) is 0 Å². The van der Waals surface area contributed by atoms with Crippen molar-refractivity contribution in [3.63, 3.8) is 0 Å². The number of hydrogen-bond donors (Lipinski definition) is 1. The third kappa shape index (κ3) is 3.20. The second-order valence-electron chi connectivity index (χ2n) is 6.77. The van der Waals surface area contributed by atoms with E-state index in [0.717, 1.165) is 11.1 Å². The van der Waals surface area contributed by atoms with E-state index in [1.54, 1.807) is 0 Å². The molecule has 2 rings (SSSR count). The van der Waals surface area contributed by atoms with E-state index in [0.29, 0.717) is 5.75 Å². The minimum absolute atomic E-state index is 0.0177. The first kappa shape index (κ1) is 14.2. The van der Waals surface area contributed by atoms with E-state index in [1.165, 1.54) is 43.2 Å². The topological polar surface area (TPSA) is 20.2 Å². The van der Waals surface area contributed by atoms with Gasteiger partial charge in [-0.25, -0.2) is 0 Å². The molecule has 0 saturated heterocycles. The highest BCUT2D eigenvalue weighted by molar-refractivity contribution is 5.69. The maximum atomic E-state index is 10.3. The number of phenolic OH excluding ortho intramolecular Hbond substituents is 1. The molecule has 0 heterocycles. The van der Waals surface area contributed by atoms with Crippen molar-refractivity contribution in [1.82, 2.24) is 0 Å². The molecule has 0 aromatic heterocycles. The highest BCUT2D eigenvalue weighted by Crippen LogP contribution is 2.37.